The Morgan fingerprint density at radius 2 is 1.88 bits per heavy atom. The van der Waals surface area contributed by atoms with Crippen LogP contribution < -0.4 is 19.6 Å². The molecule has 2 aromatic heterocycles. The summed E-state index contributed by atoms with van der Waals surface area (Å²) in [7, 11) is 1.29. The van der Waals surface area contributed by atoms with Crippen molar-refractivity contribution in [2.24, 2.45) is 4.99 Å². The third-order valence-corrected chi connectivity index (χ3v) is 5.90. The predicted molar refractivity (Wildman–Crippen MR) is 117 cm³/mol. The van der Waals surface area contributed by atoms with Crippen LogP contribution in [0.5, 0.6) is 5.75 Å². The Morgan fingerprint density at radius 3 is 2.47 bits per heavy atom. The lowest BCUT2D eigenvalue weighted by Gasteiger charge is -2.24. The number of benzene rings is 1. The predicted octanol–water partition coefficient (Wildman–Crippen LogP) is 2.23. The molecule has 0 radical (unpaired) electrons. The number of furan rings is 1. The molecule has 8 nitrogen and oxygen atoms in total. The molecule has 1 aliphatic rings. The van der Waals surface area contributed by atoms with Gasteiger partial charge < -0.3 is 13.9 Å². The minimum atomic E-state index is -0.745. The molecule has 3 aromatic rings. The van der Waals surface area contributed by atoms with Gasteiger partial charge in [-0.1, -0.05) is 23.5 Å². The molecule has 32 heavy (non-hydrogen) atoms. The minimum absolute atomic E-state index is 0.264. The quantitative estimate of drug-likeness (QED) is 0.445. The Morgan fingerprint density at radius 1 is 1.16 bits per heavy atom. The smallest absolute Gasteiger partial charge is 0.338 e. The van der Waals surface area contributed by atoms with E-state index in [2.05, 4.69) is 4.99 Å². The van der Waals surface area contributed by atoms with Crippen molar-refractivity contribution in [3.8, 4) is 5.75 Å². The highest BCUT2D eigenvalue weighted by molar-refractivity contribution is 7.07. The van der Waals surface area contributed by atoms with Gasteiger partial charge in [0, 0.05) is 13.0 Å². The number of rotatable bonds is 4. The maximum absolute atomic E-state index is 13.4. The number of hydrogen-bond donors (Lipinski definition) is 0. The van der Waals surface area contributed by atoms with Gasteiger partial charge in [0.25, 0.3) is 5.56 Å². The highest BCUT2D eigenvalue weighted by Gasteiger charge is 2.33. The number of carbonyl (C=O) groups is 2. The lowest BCUT2D eigenvalue weighted by atomic mass is 9.96. The molecule has 1 aliphatic heterocycles. The number of hydrogen-bond acceptors (Lipinski definition) is 8. The van der Waals surface area contributed by atoms with Crippen LogP contribution in [0.25, 0.3) is 6.08 Å². The molecule has 0 saturated carbocycles. The highest BCUT2D eigenvalue weighted by Crippen LogP contribution is 2.31. The van der Waals surface area contributed by atoms with E-state index in [9.17, 15) is 14.4 Å². The van der Waals surface area contributed by atoms with Crippen LogP contribution in [0.3, 0.4) is 0 Å². The molecule has 0 saturated heterocycles. The summed E-state index contributed by atoms with van der Waals surface area (Å²) in [6, 6.07) is 9.49. The van der Waals surface area contributed by atoms with Gasteiger partial charge in [-0.15, -0.1) is 0 Å². The molecule has 0 aliphatic carbocycles. The lowest BCUT2D eigenvalue weighted by molar-refractivity contribution is -0.136. The fourth-order valence-electron chi connectivity index (χ4n) is 3.55. The number of carbonyl (C=O) groups excluding carboxylic acids is 2. The number of ether oxygens (including phenoxy) is 2. The number of methoxy groups -OCH3 is 1. The average Bonchev–Trinajstić information content (AvgIpc) is 3.29. The summed E-state index contributed by atoms with van der Waals surface area (Å²) in [5, 5.41) is 0. The first-order valence-corrected chi connectivity index (χ1v) is 10.6. The van der Waals surface area contributed by atoms with E-state index in [0.29, 0.717) is 32.1 Å². The fourth-order valence-corrected chi connectivity index (χ4v) is 4.58. The van der Waals surface area contributed by atoms with Crippen LogP contribution >= 0.6 is 11.3 Å². The molecular weight excluding hydrogens is 432 g/mol. The summed E-state index contributed by atoms with van der Waals surface area (Å²) in [5.41, 5.74) is 1.08. The summed E-state index contributed by atoms with van der Waals surface area (Å²) in [4.78, 5) is 42.2. The fraction of sp³-hybridized carbons (Fsp3) is 0.217. The zero-order valence-electron chi connectivity index (χ0n) is 17.9. The van der Waals surface area contributed by atoms with Crippen molar-refractivity contribution in [1.29, 1.82) is 0 Å². The summed E-state index contributed by atoms with van der Waals surface area (Å²) >= 11 is 1.21. The molecule has 0 fully saturated rings. The largest absolute Gasteiger partial charge is 0.466 e. The Balaban J connectivity index is 1.91. The van der Waals surface area contributed by atoms with Gasteiger partial charge in [-0.3, -0.25) is 14.2 Å². The maximum atomic E-state index is 13.4. The molecule has 9 heteroatoms. The molecule has 0 amide bonds. The number of aryl methyl sites for hydroxylation is 1. The van der Waals surface area contributed by atoms with E-state index >= 15 is 0 Å². The summed E-state index contributed by atoms with van der Waals surface area (Å²) in [6.45, 7) is 4.84. The van der Waals surface area contributed by atoms with Crippen LogP contribution in [-0.4, -0.2) is 23.6 Å². The Bertz CT molecular complexity index is 1420. The van der Waals surface area contributed by atoms with E-state index in [-0.39, 0.29) is 11.1 Å². The zero-order chi connectivity index (χ0) is 23.0. The second-order valence-electron chi connectivity index (χ2n) is 7.18. The van der Waals surface area contributed by atoms with E-state index in [1.54, 1.807) is 43.3 Å². The number of nitrogens with zero attached hydrogens (tertiary/aromatic N) is 2. The first-order chi connectivity index (χ1) is 15.3. The molecule has 4 rings (SSSR count). The van der Waals surface area contributed by atoms with Gasteiger partial charge in [0.1, 0.15) is 17.3 Å². The average molecular weight is 452 g/mol. The van der Waals surface area contributed by atoms with E-state index in [1.165, 1.54) is 29.9 Å². The molecule has 1 atom stereocenters. The monoisotopic (exact) mass is 452 g/mol. The number of aromatic nitrogens is 1. The molecular formula is C23H20N2O6S. The van der Waals surface area contributed by atoms with Gasteiger partial charge in [0.05, 0.1) is 29.0 Å². The van der Waals surface area contributed by atoms with Crippen molar-refractivity contribution in [2.45, 2.75) is 26.8 Å². The van der Waals surface area contributed by atoms with E-state index in [1.807, 2.05) is 13.0 Å². The zero-order valence-corrected chi connectivity index (χ0v) is 18.7. The summed E-state index contributed by atoms with van der Waals surface area (Å²) in [5.74, 6) is 0.640. The van der Waals surface area contributed by atoms with Gasteiger partial charge in [-0.2, -0.15) is 0 Å². The minimum Gasteiger partial charge on any atom is -0.466 e. The van der Waals surface area contributed by atoms with Gasteiger partial charge in [-0.25, -0.2) is 9.79 Å². The molecule has 0 N–H and O–H groups in total. The van der Waals surface area contributed by atoms with Crippen LogP contribution in [0.15, 0.2) is 61.9 Å². The van der Waals surface area contributed by atoms with Crippen LogP contribution in [0, 0.1) is 6.92 Å². The van der Waals surface area contributed by atoms with Gasteiger partial charge in [0.2, 0.25) is 0 Å². The number of esters is 2. The molecule has 0 bridgehead atoms. The van der Waals surface area contributed by atoms with Crippen LogP contribution in [0.2, 0.25) is 0 Å². The standard InChI is InChI=1S/C23H20N2O6S/c1-12-5-8-17(30-12)11-18-21(27)25-20(15-6-9-16(10-7-15)31-14(3)26)19(22(28)29-4)13(2)24-23(25)32-18/h5-11,20H,1-4H3/t20-/m1/s1. The van der Waals surface area contributed by atoms with Gasteiger partial charge >= 0.3 is 11.9 Å². The van der Waals surface area contributed by atoms with Crippen molar-refractivity contribution in [3.05, 3.63) is 84.4 Å². The van der Waals surface area contributed by atoms with Crippen molar-refractivity contribution >= 4 is 29.4 Å². The number of fused-ring (bicyclic) bond motifs is 1. The first-order valence-electron chi connectivity index (χ1n) is 9.74. The lowest BCUT2D eigenvalue weighted by Crippen LogP contribution is -2.39. The second-order valence-corrected chi connectivity index (χ2v) is 8.19. The third kappa shape index (κ3) is 3.94. The maximum Gasteiger partial charge on any atom is 0.338 e. The normalized spacial score (nSPS) is 15.9. The third-order valence-electron chi connectivity index (χ3n) is 4.92. The Labute approximate surface area is 186 Å². The van der Waals surface area contributed by atoms with Crippen molar-refractivity contribution < 1.29 is 23.5 Å². The van der Waals surface area contributed by atoms with Crippen molar-refractivity contribution in [1.82, 2.24) is 4.57 Å². The molecule has 1 aromatic carbocycles. The highest BCUT2D eigenvalue weighted by atomic mass is 32.1. The van der Waals surface area contributed by atoms with E-state index in [4.69, 9.17) is 13.9 Å². The summed E-state index contributed by atoms with van der Waals surface area (Å²) < 4.78 is 17.6. The summed E-state index contributed by atoms with van der Waals surface area (Å²) in [6.07, 6.45) is 1.66. The van der Waals surface area contributed by atoms with Crippen LogP contribution in [0.4, 0.5) is 0 Å². The van der Waals surface area contributed by atoms with Gasteiger partial charge in [0.15, 0.2) is 4.80 Å². The van der Waals surface area contributed by atoms with Crippen LogP contribution in [-0.2, 0) is 14.3 Å². The molecule has 0 unspecified atom stereocenters. The molecule has 3 heterocycles. The van der Waals surface area contributed by atoms with E-state index < -0.39 is 18.0 Å². The second kappa shape index (κ2) is 8.43. The van der Waals surface area contributed by atoms with E-state index in [0.717, 1.165) is 5.76 Å². The number of thiazole rings is 1. The van der Waals surface area contributed by atoms with Gasteiger partial charge in [-0.05, 0) is 43.7 Å². The molecule has 164 valence electrons. The van der Waals surface area contributed by atoms with Crippen molar-refractivity contribution in [3.63, 3.8) is 0 Å². The van der Waals surface area contributed by atoms with Crippen molar-refractivity contribution in [2.75, 3.05) is 7.11 Å². The Hall–Kier alpha value is -3.72. The van der Waals surface area contributed by atoms with Crippen LogP contribution in [0.1, 0.15) is 37.0 Å². The first kappa shape index (κ1) is 21.5. The number of allylic oxidation sites excluding steroid dienone is 1. The molecule has 0 spiro atoms. The topological polar surface area (TPSA) is 100 Å². The Kier molecular flexibility index (Phi) is 5.67. The SMILES string of the molecule is COC(=O)C1=C(C)N=c2sc(=Cc3ccc(C)o3)c(=O)n2[C@@H]1c1ccc(OC(C)=O)cc1.